The molecule has 0 radical (unpaired) electrons. The van der Waals surface area contributed by atoms with E-state index in [2.05, 4.69) is 19.2 Å². The molecule has 1 unspecified atom stereocenters. The van der Waals surface area contributed by atoms with Crippen molar-refractivity contribution < 1.29 is 13.2 Å². The van der Waals surface area contributed by atoms with Crippen molar-refractivity contribution >= 4 is 5.69 Å². The van der Waals surface area contributed by atoms with Crippen LogP contribution in [0.4, 0.5) is 18.9 Å². The first-order chi connectivity index (χ1) is 9.26. The summed E-state index contributed by atoms with van der Waals surface area (Å²) in [5.74, 6) is 0. The first kappa shape index (κ1) is 15.2. The highest BCUT2D eigenvalue weighted by Crippen LogP contribution is 2.35. The van der Waals surface area contributed by atoms with E-state index >= 15 is 0 Å². The van der Waals surface area contributed by atoms with Crippen LogP contribution in [0, 0.1) is 5.41 Å². The molecule has 4 heteroatoms. The Hall–Kier alpha value is -1.19. The van der Waals surface area contributed by atoms with Gasteiger partial charge in [0.05, 0.1) is 5.56 Å². The molecule has 0 heterocycles. The predicted molar refractivity (Wildman–Crippen MR) is 75.7 cm³/mol. The van der Waals surface area contributed by atoms with Crippen LogP contribution in [0.5, 0.6) is 0 Å². The number of hydrogen-bond acceptors (Lipinski definition) is 1. The second-order valence-corrected chi connectivity index (χ2v) is 6.51. The average molecular weight is 285 g/mol. The van der Waals surface area contributed by atoms with E-state index in [1.54, 1.807) is 0 Å². The third-order valence-corrected chi connectivity index (χ3v) is 4.16. The van der Waals surface area contributed by atoms with Crippen LogP contribution in [0.15, 0.2) is 24.3 Å². The third-order valence-electron chi connectivity index (χ3n) is 4.16. The first-order valence-corrected chi connectivity index (χ1v) is 7.20. The summed E-state index contributed by atoms with van der Waals surface area (Å²) in [6, 6.07) is 5.71. The smallest absolute Gasteiger partial charge is 0.382 e. The summed E-state index contributed by atoms with van der Waals surface area (Å²) in [5.41, 5.74) is 0.573. The minimum Gasteiger partial charge on any atom is -0.382 e. The standard InChI is InChI=1S/C16H22F3N/c1-15(2)10-3-4-13(9-11-15)20-14-7-5-12(6-8-14)16(17,18)19/h5-8,13,20H,3-4,9-11H2,1-2H3. The van der Waals surface area contributed by atoms with Gasteiger partial charge in [-0.05, 0) is 55.4 Å². The van der Waals surface area contributed by atoms with Crippen molar-refractivity contribution in [2.24, 2.45) is 5.41 Å². The largest absolute Gasteiger partial charge is 0.416 e. The fraction of sp³-hybridized carbons (Fsp3) is 0.625. The molecule has 0 aromatic heterocycles. The summed E-state index contributed by atoms with van der Waals surface area (Å²) in [6.07, 6.45) is 1.46. The zero-order valence-electron chi connectivity index (χ0n) is 12.1. The maximum Gasteiger partial charge on any atom is 0.416 e. The Bertz CT molecular complexity index is 434. The highest BCUT2D eigenvalue weighted by Gasteiger charge is 2.30. The molecule has 1 N–H and O–H groups in total. The van der Waals surface area contributed by atoms with Gasteiger partial charge in [0.15, 0.2) is 0 Å². The number of benzene rings is 1. The molecule has 1 saturated carbocycles. The molecule has 1 fully saturated rings. The summed E-state index contributed by atoms with van der Waals surface area (Å²) < 4.78 is 37.5. The highest BCUT2D eigenvalue weighted by atomic mass is 19.4. The van der Waals surface area contributed by atoms with Crippen LogP contribution in [-0.4, -0.2) is 6.04 Å². The van der Waals surface area contributed by atoms with Crippen molar-refractivity contribution in [1.29, 1.82) is 0 Å². The SMILES string of the molecule is CC1(C)CCCC(Nc2ccc(C(F)(F)F)cc2)CC1. The minimum atomic E-state index is -4.26. The van der Waals surface area contributed by atoms with Crippen molar-refractivity contribution in [1.82, 2.24) is 0 Å². The molecule has 0 spiro atoms. The summed E-state index contributed by atoms with van der Waals surface area (Å²) in [4.78, 5) is 0. The molecule has 1 aliphatic rings. The predicted octanol–water partition coefficient (Wildman–Crippen LogP) is 5.48. The zero-order chi connectivity index (χ0) is 14.8. The molecule has 112 valence electrons. The molecule has 1 aromatic carbocycles. The molecule has 0 aliphatic heterocycles. The lowest BCUT2D eigenvalue weighted by Gasteiger charge is -2.22. The molecular weight excluding hydrogens is 263 g/mol. The second-order valence-electron chi connectivity index (χ2n) is 6.51. The molecule has 0 amide bonds. The summed E-state index contributed by atoms with van der Waals surface area (Å²) in [7, 11) is 0. The topological polar surface area (TPSA) is 12.0 Å². The second kappa shape index (κ2) is 5.66. The van der Waals surface area contributed by atoms with Crippen molar-refractivity contribution in [3.8, 4) is 0 Å². The quantitative estimate of drug-likeness (QED) is 0.710. The number of nitrogens with one attached hydrogen (secondary N) is 1. The summed E-state index contributed by atoms with van der Waals surface area (Å²) >= 11 is 0. The number of alkyl halides is 3. The average Bonchev–Trinajstić information content (AvgIpc) is 2.51. The number of hydrogen-bond donors (Lipinski definition) is 1. The Balaban J connectivity index is 1.96. The van der Waals surface area contributed by atoms with E-state index < -0.39 is 11.7 Å². The van der Waals surface area contributed by atoms with Gasteiger partial charge in [0, 0.05) is 11.7 Å². The van der Waals surface area contributed by atoms with Gasteiger partial charge in [-0.2, -0.15) is 13.2 Å². The lowest BCUT2D eigenvalue weighted by molar-refractivity contribution is -0.137. The fourth-order valence-electron chi connectivity index (χ4n) is 2.80. The molecule has 1 nitrogen and oxygen atoms in total. The fourth-order valence-corrected chi connectivity index (χ4v) is 2.80. The van der Waals surface area contributed by atoms with Gasteiger partial charge in [-0.15, -0.1) is 0 Å². The van der Waals surface area contributed by atoms with E-state index in [9.17, 15) is 13.2 Å². The number of rotatable bonds is 2. The van der Waals surface area contributed by atoms with Crippen molar-refractivity contribution in [2.45, 2.75) is 58.2 Å². The van der Waals surface area contributed by atoms with E-state index in [1.807, 2.05) is 0 Å². The van der Waals surface area contributed by atoms with Crippen molar-refractivity contribution in [3.63, 3.8) is 0 Å². The Morgan fingerprint density at radius 2 is 1.70 bits per heavy atom. The zero-order valence-corrected chi connectivity index (χ0v) is 12.1. The summed E-state index contributed by atoms with van der Waals surface area (Å²) in [5, 5.41) is 3.37. The van der Waals surface area contributed by atoms with Crippen LogP contribution < -0.4 is 5.32 Å². The molecule has 20 heavy (non-hydrogen) atoms. The van der Waals surface area contributed by atoms with E-state index in [0.29, 0.717) is 11.5 Å². The molecule has 0 saturated heterocycles. The molecule has 1 atom stereocenters. The third kappa shape index (κ3) is 4.15. The van der Waals surface area contributed by atoms with Gasteiger partial charge in [0.2, 0.25) is 0 Å². The Morgan fingerprint density at radius 1 is 1.05 bits per heavy atom. The van der Waals surface area contributed by atoms with Gasteiger partial charge in [0.25, 0.3) is 0 Å². The highest BCUT2D eigenvalue weighted by molar-refractivity contribution is 5.46. The van der Waals surface area contributed by atoms with Crippen molar-refractivity contribution in [2.75, 3.05) is 5.32 Å². The number of anilines is 1. The Morgan fingerprint density at radius 3 is 2.30 bits per heavy atom. The normalized spacial score (nSPS) is 23.1. The van der Waals surface area contributed by atoms with Gasteiger partial charge in [0.1, 0.15) is 0 Å². The lowest BCUT2D eigenvalue weighted by atomic mass is 9.85. The van der Waals surface area contributed by atoms with Crippen LogP contribution >= 0.6 is 0 Å². The Kier molecular flexibility index (Phi) is 4.31. The van der Waals surface area contributed by atoms with Gasteiger partial charge in [-0.3, -0.25) is 0 Å². The van der Waals surface area contributed by atoms with E-state index in [4.69, 9.17) is 0 Å². The van der Waals surface area contributed by atoms with Gasteiger partial charge in [-0.1, -0.05) is 20.3 Å². The maximum atomic E-state index is 12.5. The lowest BCUT2D eigenvalue weighted by Crippen LogP contribution is -2.19. The van der Waals surface area contributed by atoms with Gasteiger partial charge < -0.3 is 5.32 Å². The first-order valence-electron chi connectivity index (χ1n) is 7.20. The van der Waals surface area contributed by atoms with Gasteiger partial charge >= 0.3 is 6.18 Å². The van der Waals surface area contributed by atoms with Gasteiger partial charge in [-0.25, -0.2) is 0 Å². The van der Waals surface area contributed by atoms with Crippen LogP contribution in [0.1, 0.15) is 51.5 Å². The monoisotopic (exact) mass is 285 g/mol. The van der Waals surface area contributed by atoms with Crippen LogP contribution in [0.3, 0.4) is 0 Å². The minimum absolute atomic E-state index is 0.369. The van der Waals surface area contributed by atoms with Crippen LogP contribution in [-0.2, 0) is 6.18 Å². The Labute approximate surface area is 118 Å². The molecule has 0 bridgehead atoms. The molecular formula is C16H22F3N. The molecule has 1 aromatic rings. The van der Waals surface area contributed by atoms with E-state index in [-0.39, 0.29) is 0 Å². The molecule has 1 aliphatic carbocycles. The van der Waals surface area contributed by atoms with Crippen LogP contribution in [0.25, 0.3) is 0 Å². The van der Waals surface area contributed by atoms with Crippen molar-refractivity contribution in [3.05, 3.63) is 29.8 Å². The summed E-state index contributed by atoms with van der Waals surface area (Å²) in [6.45, 7) is 4.57. The number of halogens is 3. The molecule has 2 rings (SSSR count). The van der Waals surface area contributed by atoms with E-state index in [0.717, 1.165) is 37.1 Å². The van der Waals surface area contributed by atoms with E-state index in [1.165, 1.54) is 25.0 Å². The maximum absolute atomic E-state index is 12.5. The van der Waals surface area contributed by atoms with Crippen LogP contribution in [0.2, 0.25) is 0 Å².